The molecule has 0 bridgehead atoms. The minimum Gasteiger partial charge on any atom is -0.488 e. The summed E-state index contributed by atoms with van der Waals surface area (Å²) in [5, 5.41) is 9.78. The molecule has 6 heteroatoms. The van der Waals surface area contributed by atoms with Crippen LogP contribution in [0.15, 0.2) is 48.5 Å². The molecule has 0 aromatic heterocycles. The highest BCUT2D eigenvalue weighted by atomic mass is 16.5. The highest BCUT2D eigenvalue weighted by Gasteiger charge is 2.33. The second kappa shape index (κ2) is 10.2. The predicted molar refractivity (Wildman–Crippen MR) is 125 cm³/mol. The maximum Gasteiger partial charge on any atom is 0.258 e. The number of aliphatic hydroxyl groups excluding tert-OH is 1. The van der Waals surface area contributed by atoms with Crippen LogP contribution < -0.4 is 9.64 Å². The van der Waals surface area contributed by atoms with Crippen LogP contribution in [-0.4, -0.2) is 73.8 Å². The minimum absolute atomic E-state index is 0.0689. The third-order valence-electron chi connectivity index (χ3n) is 5.95. The Bertz CT molecular complexity index is 872. The SMILES string of the molecule is C[C@@H]1CN([C@@H](C)CO)C(=O)c2cc(N(C)C)ccc2O[C@@H]1CN(C)Cc1ccccc1. The number of ether oxygens (including phenoxy) is 1. The smallest absolute Gasteiger partial charge is 0.258 e. The van der Waals surface area contributed by atoms with E-state index in [-0.39, 0.29) is 30.6 Å². The van der Waals surface area contributed by atoms with Gasteiger partial charge in [0.05, 0.1) is 18.2 Å². The Morgan fingerprint density at radius 1 is 1.16 bits per heavy atom. The second-order valence-corrected chi connectivity index (χ2v) is 8.88. The summed E-state index contributed by atoms with van der Waals surface area (Å²) in [4.78, 5) is 19.4. The number of fused-ring (bicyclic) bond motifs is 1. The van der Waals surface area contributed by atoms with E-state index < -0.39 is 0 Å². The van der Waals surface area contributed by atoms with Crippen molar-refractivity contribution in [1.82, 2.24) is 9.80 Å². The lowest BCUT2D eigenvalue weighted by molar-refractivity contribution is 0.0341. The number of aliphatic hydroxyl groups is 1. The minimum atomic E-state index is -0.258. The summed E-state index contributed by atoms with van der Waals surface area (Å²) in [6.45, 7) is 6.04. The number of likely N-dealkylation sites (N-methyl/N-ethyl adjacent to an activating group) is 1. The fourth-order valence-electron chi connectivity index (χ4n) is 3.97. The van der Waals surface area contributed by atoms with Crippen molar-refractivity contribution in [3.05, 3.63) is 59.7 Å². The monoisotopic (exact) mass is 425 g/mol. The van der Waals surface area contributed by atoms with E-state index in [1.165, 1.54) is 5.56 Å². The fourth-order valence-corrected chi connectivity index (χ4v) is 3.97. The summed E-state index contributed by atoms with van der Waals surface area (Å²) in [5.41, 5.74) is 2.75. The van der Waals surface area contributed by atoms with Crippen molar-refractivity contribution in [1.29, 1.82) is 0 Å². The first kappa shape index (κ1) is 23.1. The van der Waals surface area contributed by atoms with Gasteiger partial charge in [0, 0.05) is 45.3 Å². The number of hydrogen-bond acceptors (Lipinski definition) is 5. The summed E-state index contributed by atoms with van der Waals surface area (Å²) >= 11 is 0. The Kier molecular flexibility index (Phi) is 7.57. The zero-order valence-corrected chi connectivity index (χ0v) is 19.3. The van der Waals surface area contributed by atoms with Gasteiger partial charge in [0.2, 0.25) is 0 Å². The van der Waals surface area contributed by atoms with Crippen molar-refractivity contribution in [2.45, 2.75) is 32.5 Å². The molecular weight excluding hydrogens is 390 g/mol. The van der Waals surface area contributed by atoms with Gasteiger partial charge in [-0.05, 0) is 37.7 Å². The summed E-state index contributed by atoms with van der Waals surface area (Å²) in [7, 11) is 6.00. The Morgan fingerprint density at radius 3 is 2.52 bits per heavy atom. The lowest BCUT2D eigenvalue weighted by Gasteiger charge is -2.38. The van der Waals surface area contributed by atoms with Crippen LogP contribution in [0.1, 0.15) is 29.8 Å². The molecule has 1 aliphatic rings. The molecule has 0 fully saturated rings. The molecule has 3 atom stereocenters. The lowest BCUT2D eigenvalue weighted by Crippen LogP contribution is -2.49. The number of hydrogen-bond donors (Lipinski definition) is 1. The predicted octanol–water partition coefficient (Wildman–Crippen LogP) is 3.10. The van der Waals surface area contributed by atoms with Crippen LogP contribution in [0.3, 0.4) is 0 Å². The summed E-state index contributed by atoms with van der Waals surface area (Å²) in [5.74, 6) is 0.622. The lowest BCUT2D eigenvalue weighted by atomic mass is 9.99. The van der Waals surface area contributed by atoms with Crippen LogP contribution >= 0.6 is 0 Å². The van der Waals surface area contributed by atoms with Crippen LogP contribution in [0.25, 0.3) is 0 Å². The molecule has 168 valence electrons. The standard InChI is InChI=1S/C25H35N3O3/c1-18-14-28(19(2)17-29)25(30)22-13-21(26(3)4)11-12-23(22)31-24(18)16-27(5)15-20-9-7-6-8-10-20/h6-13,18-19,24,29H,14-17H2,1-5H3/t18-,19+,24-/m1/s1. The van der Waals surface area contributed by atoms with Gasteiger partial charge in [-0.3, -0.25) is 9.69 Å². The van der Waals surface area contributed by atoms with Crippen LogP contribution in [0, 0.1) is 5.92 Å². The highest BCUT2D eigenvalue weighted by molar-refractivity contribution is 5.98. The third-order valence-corrected chi connectivity index (χ3v) is 5.95. The Hall–Kier alpha value is -2.57. The average molecular weight is 426 g/mol. The van der Waals surface area contributed by atoms with Crippen LogP contribution in [0.4, 0.5) is 5.69 Å². The topological polar surface area (TPSA) is 56.3 Å². The number of benzene rings is 2. The first-order valence-electron chi connectivity index (χ1n) is 10.9. The van der Waals surface area contributed by atoms with Crippen molar-refractivity contribution in [3.63, 3.8) is 0 Å². The molecule has 3 rings (SSSR count). The molecule has 1 aliphatic heterocycles. The van der Waals surface area contributed by atoms with Gasteiger partial charge in [0.15, 0.2) is 0 Å². The molecule has 0 radical (unpaired) electrons. The van der Waals surface area contributed by atoms with Crippen molar-refractivity contribution in [2.24, 2.45) is 5.92 Å². The number of anilines is 1. The molecule has 0 unspecified atom stereocenters. The first-order chi connectivity index (χ1) is 14.8. The quantitative estimate of drug-likeness (QED) is 0.739. The van der Waals surface area contributed by atoms with Gasteiger partial charge in [0.25, 0.3) is 5.91 Å². The Morgan fingerprint density at radius 2 is 1.87 bits per heavy atom. The van der Waals surface area contributed by atoms with Gasteiger partial charge < -0.3 is 19.6 Å². The van der Waals surface area contributed by atoms with Gasteiger partial charge in [-0.15, -0.1) is 0 Å². The molecule has 0 saturated carbocycles. The number of amides is 1. The van der Waals surface area contributed by atoms with Crippen molar-refractivity contribution in [2.75, 3.05) is 45.7 Å². The summed E-state index contributed by atoms with van der Waals surface area (Å²) in [6.07, 6.45) is -0.0841. The number of nitrogens with zero attached hydrogens (tertiary/aromatic N) is 3. The second-order valence-electron chi connectivity index (χ2n) is 8.88. The zero-order valence-electron chi connectivity index (χ0n) is 19.3. The molecule has 2 aromatic rings. The first-order valence-corrected chi connectivity index (χ1v) is 10.9. The molecule has 6 nitrogen and oxygen atoms in total. The molecule has 1 N–H and O–H groups in total. The van der Waals surface area contributed by atoms with Gasteiger partial charge in [0.1, 0.15) is 11.9 Å². The number of rotatable bonds is 7. The van der Waals surface area contributed by atoms with Crippen LogP contribution in [0.2, 0.25) is 0 Å². The van der Waals surface area contributed by atoms with Crippen molar-refractivity contribution < 1.29 is 14.6 Å². The maximum atomic E-state index is 13.4. The Balaban J connectivity index is 1.89. The largest absolute Gasteiger partial charge is 0.488 e. The van der Waals surface area contributed by atoms with Gasteiger partial charge in [-0.25, -0.2) is 0 Å². The third kappa shape index (κ3) is 5.57. The van der Waals surface area contributed by atoms with Gasteiger partial charge in [-0.2, -0.15) is 0 Å². The van der Waals surface area contributed by atoms with E-state index in [0.29, 0.717) is 17.9 Å². The zero-order chi connectivity index (χ0) is 22.5. The van der Waals surface area contributed by atoms with E-state index in [2.05, 4.69) is 43.1 Å². The van der Waals surface area contributed by atoms with Gasteiger partial charge in [-0.1, -0.05) is 37.3 Å². The number of carbonyl (C=O) groups is 1. The fraction of sp³-hybridized carbons (Fsp3) is 0.480. The molecule has 1 amide bonds. The van der Waals surface area contributed by atoms with Crippen LogP contribution in [0.5, 0.6) is 5.75 Å². The maximum absolute atomic E-state index is 13.4. The molecule has 0 saturated heterocycles. The molecular formula is C25H35N3O3. The Labute approximate surface area is 186 Å². The van der Waals surface area contributed by atoms with Crippen molar-refractivity contribution in [3.8, 4) is 5.75 Å². The summed E-state index contributed by atoms with van der Waals surface area (Å²) in [6, 6.07) is 15.9. The van der Waals surface area contributed by atoms with E-state index in [0.717, 1.165) is 18.8 Å². The molecule has 0 spiro atoms. The molecule has 31 heavy (non-hydrogen) atoms. The van der Waals surface area contributed by atoms with E-state index in [9.17, 15) is 9.90 Å². The number of carbonyl (C=O) groups excluding carboxylic acids is 1. The molecule has 2 aromatic carbocycles. The van der Waals surface area contributed by atoms with Crippen molar-refractivity contribution >= 4 is 11.6 Å². The highest BCUT2D eigenvalue weighted by Crippen LogP contribution is 2.31. The normalized spacial score (nSPS) is 20.0. The van der Waals surface area contributed by atoms with Gasteiger partial charge >= 0.3 is 0 Å². The van der Waals surface area contributed by atoms with E-state index in [4.69, 9.17) is 4.74 Å². The van der Waals surface area contributed by atoms with Crippen LogP contribution in [-0.2, 0) is 6.54 Å². The average Bonchev–Trinajstić information content (AvgIpc) is 2.75. The van der Waals surface area contributed by atoms with E-state index in [1.54, 1.807) is 4.90 Å². The summed E-state index contributed by atoms with van der Waals surface area (Å²) < 4.78 is 6.45. The molecule has 0 aliphatic carbocycles. The molecule has 1 heterocycles. The van der Waals surface area contributed by atoms with E-state index in [1.807, 2.05) is 50.2 Å². The van der Waals surface area contributed by atoms with E-state index >= 15 is 0 Å².